The topological polar surface area (TPSA) is 32.3 Å². The third-order valence-electron chi connectivity index (χ3n) is 4.79. The van der Waals surface area contributed by atoms with Gasteiger partial charge in [-0.15, -0.1) is 0 Å². The monoisotopic (exact) mass is 488 g/mol. The second-order valence-electron chi connectivity index (χ2n) is 6.50. The maximum absolute atomic E-state index is 13.3. The average Bonchev–Trinajstić information content (AvgIpc) is 2.55. The highest BCUT2D eigenvalue weighted by molar-refractivity contribution is 14.1. The minimum absolute atomic E-state index is 0.000131. The van der Waals surface area contributed by atoms with Gasteiger partial charge in [0.1, 0.15) is 0 Å². The first-order chi connectivity index (χ1) is 11.9. The van der Waals surface area contributed by atoms with E-state index < -0.39 is 5.41 Å². The summed E-state index contributed by atoms with van der Waals surface area (Å²) in [6.45, 7) is 1.77. The van der Waals surface area contributed by atoms with Gasteiger partial charge in [0.2, 0.25) is 5.91 Å². The Morgan fingerprint density at radius 3 is 2.20 bits per heavy atom. The van der Waals surface area contributed by atoms with Gasteiger partial charge in [0.25, 0.3) is 0 Å². The van der Waals surface area contributed by atoms with E-state index in [1.54, 1.807) is 18.2 Å². The maximum Gasteiger partial charge on any atom is 0.235 e. The Labute approximate surface area is 171 Å². The fourth-order valence-corrected chi connectivity index (χ4v) is 4.18. The molecule has 1 N–H and O–H groups in total. The Bertz CT molecular complexity index is 751. The van der Waals surface area contributed by atoms with E-state index in [1.807, 2.05) is 0 Å². The standard InChI is InChI=1S/C19H19Cl2IN2O/c1-24-8-6-19(7-9-24,13-2-4-16(22)5-3-13)18(25)23-17-11-14(20)10-15(21)12-17/h2-5,10-12H,6-9H2,1H3,(H,23,25). The minimum atomic E-state index is -0.536. The van der Waals surface area contributed by atoms with Gasteiger partial charge in [0, 0.05) is 19.3 Å². The Hall–Kier alpha value is -0.820. The third kappa shape index (κ3) is 4.30. The number of piperidine rings is 1. The van der Waals surface area contributed by atoms with Crippen LogP contribution in [0, 0.1) is 3.57 Å². The molecule has 3 nitrogen and oxygen atoms in total. The Morgan fingerprint density at radius 2 is 1.64 bits per heavy atom. The number of nitrogens with zero attached hydrogens (tertiary/aromatic N) is 1. The molecule has 0 aromatic heterocycles. The summed E-state index contributed by atoms with van der Waals surface area (Å²) >= 11 is 14.4. The van der Waals surface area contributed by atoms with Crippen molar-refractivity contribution >= 4 is 57.4 Å². The zero-order chi connectivity index (χ0) is 18.0. The number of rotatable bonds is 3. The fraction of sp³-hybridized carbons (Fsp3) is 0.316. The van der Waals surface area contributed by atoms with Crippen molar-refractivity contribution in [1.29, 1.82) is 0 Å². The number of amides is 1. The highest BCUT2D eigenvalue weighted by Gasteiger charge is 2.42. The Morgan fingerprint density at radius 1 is 1.08 bits per heavy atom. The molecule has 132 valence electrons. The summed E-state index contributed by atoms with van der Waals surface area (Å²) < 4.78 is 1.16. The van der Waals surface area contributed by atoms with Crippen LogP contribution in [0.5, 0.6) is 0 Å². The lowest BCUT2D eigenvalue weighted by Gasteiger charge is -2.40. The Balaban J connectivity index is 1.93. The van der Waals surface area contributed by atoms with Gasteiger partial charge in [0.15, 0.2) is 0 Å². The first-order valence-electron chi connectivity index (χ1n) is 8.11. The number of nitrogens with one attached hydrogen (secondary N) is 1. The van der Waals surface area contributed by atoms with Gasteiger partial charge in [0.05, 0.1) is 5.41 Å². The van der Waals surface area contributed by atoms with Crippen molar-refractivity contribution in [1.82, 2.24) is 4.90 Å². The van der Waals surface area contributed by atoms with Crippen molar-refractivity contribution in [2.24, 2.45) is 0 Å². The number of carbonyl (C=O) groups excluding carboxylic acids is 1. The molecule has 0 bridgehead atoms. The second-order valence-corrected chi connectivity index (χ2v) is 8.62. The predicted octanol–water partition coefficient (Wildman–Crippen LogP) is 5.20. The van der Waals surface area contributed by atoms with Crippen LogP contribution < -0.4 is 5.32 Å². The van der Waals surface area contributed by atoms with E-state index in [-0.39, 0.29) is 5.91 Å². The third-order valence-corrected chi connectivity index (χ3v) is 5.95. The molecule has 0 spiro atoms. The highest BCUT2D eigenvalue weighted by Crippen LogP contribution is 2.37. The zero-order valence-corrected chi connectivity index (χ0v) is 17.5. The van der Waals surface area contributed by atoms with Crippen LogP contribution in [0.3, 0.4) is 0 Å². The van der Waals surface area contributed by atoms with E-state index in [0.29, 0.717) is 15.7 Å². The van der Waals surface area contributed by atoms with Crippen molar-refractivity contribution in [3.63, 3.8) is 0 Å². The van der Waals surface area contributed by atoms with E-state index in [1.165, 1.54) is 0 Å². The van der Waals surface area contributed by atoms with Crippen molar-refractivity contribution in [3.05, 3.63) is 61.6 Å². The molecule has 0 aliphatic carbocycles. The maximum atomic E-state index is 13.3. The molecule has 6 heteroatoms. The van der Waals surface area contributed by atoms with E-state index in [9.17, 15) is 4.79 Å². The first-order valence-corrected chi connectivity index (χ1v) is 9.95. The molecule has 1 amide bonds. The summed E-state index contributed by atoms with van der Waals surface area (Å²) in [6, 6.07) is 13.3. The lowest BCUT2D eigenvalue weighted by Crippen LogP contribution is -2.48. The summed E-state index contributed by atoms with van der Waals surface area (Å²) in [5, 5.41) is 4.05. The SMILES string of the molecule is CN1CCC(C(=O)Nc2cc(Cl)cc(Cl)c2)(c2ccc(I)cc2)CC1. The summed E-state index contributed by atoms with van der Waals surface area (Å²) in [5.41, 5.74) is 1.16. The highest BCUT2D eigenvalue weighted by atomic mass is 127. The summed E-state index contributed by atoms with van der Waals surface area (Å²) in [5.74, 6) is 0.000131. The van der Waals surface area contributed by atoms with Crippen LogP contribution >= 0.6 is 45.8 Å². The van der Waals surface area contributed by atoms with Gasteiger partial charge in [-0.25, -0.2) is 0 Å². The van der Waals surface area contributed by atoms with Gasteiger partial charge in [-0.2, -0.15) is 0 Å². The zero-order valence-electron chi connectivity index (χ0n) is 13.9. The molecule has 2 aromatic carbocycles. The molecule has 0 radical (unpaired) electrons. The molecule has 3 rings (SSSR count). The van der Waals surface area contributed by atoms with Crippen LogP contribution in [0.1, 0.15) is 18.4 Å². The Kier molecular flexibility index (Phi) is 5.93. The largest absolute Gasteiger partial charge is 0.325 e. The van der Waals surface area contributed by atoms with Crippen molar-refractivity contribution in [2.75, 3.05) is 25.5 Å². The van der Waals surface area contributed by atoms with Crippen LogP contribution in [0.4, 0.5) is 5.69 Å². The second kappa shape index (κ2) is 7.82. The molecule has 0 atom stereocenters. The summed E-state index contributed by atoms with van der Waals surface area (Å²) in [4.78, 5) is 15.5. The molecule has 1 aliphatic rings. The summed E-state index contributed by atoms with van der Waals surface area (Å²) in [6.07, 6.45) is 1.56. The molecule has 0 unspecified atom stereocenters. The van der Waals surface area contributed by atoms with E-state index in [0.717, 1.165) is 35.1 Å². The van der Waals surface area contributed by atoms with Gasteiger partial charge >= 0.3 is 0 Å². The molecule has 1 saturated heterocycles. The number of halogens is 3. The van der Waals surface area contributed by atoms with Crippen molar-refractivity contribution in [3.8, 4) is 0 Å². The molecule has 1 aliphatic heterocycles. The predicted molar refractivity (Wildman–Crippen MR) is 113 cm³/mol. The van der Waals surface area contributed by atoms with Crippen LogP contribution in [0.25, 0.3) is 0 Å². The molecule has 0 saturated carbocycles. The number of hydrogen-bond donors (Lipinski definition) is 1. The lowest BCUT2D eigenvalue weighted by molar-refractivity contribution is -0.123. The normalized spacial score (nSPS) is 17.3. The molecule has 1 heterocycles. The minimum Gasteiger partial charge on any atom is -0.325 e. The molecule has 1 fully saturated rings. The number of hydrogen-bond acceptors (Lipinski definition) is 2. The average molecular weight is 489 g/mol. The van der Waals surface area contributed by atoms with Gasteiger partial charge < -0.3 is 10.2 Å². The van der Waals surface area contributed by atoms with Crippen LogP contribution in [-0.4, -0.2) is 30.9 Å². The van der Waals surface area contributed by atoms with Crippen LogP contribution in [0.15, 0.2) is 42.5 Å². The number of benzene rings is 2. The quantitative estimate of drug-likeness (QED) is 0.602. The van der Waals surface area contributed by atoms with E-state index in [4.69, 9.17) is 23.2 Å². The van der Waals surface area contributed by atoms with Gasteiger partial charge in [-0.05, 0) is 91.5 Å². The molecule has 25 heavy (non-hydrogen) atoms. The fourth-order valence-electron chi connectivity index (χ4n) is 3.29. The molecule has 2 aromatic rings. The van der Waals surface area contributed by atoms with Gasteiger partial charge in [-0.1, -0.05) is 35.3 Å². The number of anilines is 1. The summed E-state index contributed by atoms with van der Waals surface area (Å²) in [7, 11) is 2.09. The van der Waals surface area contributed by atoms with Crippen LogP contribution in [-0.2, 0) is 10.2 Å². The van der Waals surface area contributed by atoms with Crippen molar-refractivity contribution in [2.45, 2.75) is 18.3 Å². The first kappa shape index (κ1) is 19.0. The number of likely N-dealkylation sites (tertiary alicyclic amines) is 1. The van der Waals surface area contributed by atoms with E-state index >= 15 is 0 Å². The smallest absolute Gasteiger partial charge is 0.235 e. The number of carbonyl (C=O) groups is 1. The van der Waals surface area contributed by atoms with Crippen LogP contribution in [0.2, 0.25) is 10.0 Å². The van der Waals surface area contributed by atoms with Gasteiger partial charge in [-0.3, -0.25) is 4.79 Å². The van der Waals surface area contributed by atoms with Crippen molar-refractivity contribution < 1.29 is 4.79 Å². The van der Waals surface area contributed by atoms with E-state index in [2.05, 4.69) is 64.1 Å². The lowest BCUT2D eigenvalue weighted by atomic mass is 9.72. The molecular weight excluding hydrogens is 470 g/mol. The molecular formula is C19H19Cl2IN2O.